The lowest BCUT2D eigenvalue weighted by atomic mass is 10.3. The van der Waals surface area contributed by atoms with Gasteiger partial charge in [0.25, 0.3) is 0 Å². The third-order valence-corrected chi connectivity index (χ3v) is 6.82. The summed E-state index contributed by atoms with van der Waals surface area (Å²) in [4.78, 5) is 4.99. The van der Waals surface area contributed by atoms with E-state index in [1.807, 2.05) is 18.2 Å². The van der Waals surface area contributed by atoms with Crippen molar-refractivity contribution in [3.05, 3.63) is 38.0 Å². The largest absolute Gasteiger partial charge is 0.268 e. The zero-order valence-electron chi connectivity index (χ0n) is 10.8. The highest BCUT2D eigenvalue weighted by Gasteiger charge is 2.29. The maximum absolute atomic E-state index is 4.99. The van der Waals surface area contributed by atoms with E-state index in [2.05, 4.69) is 26.7 Å². The van der Waals surface area contributed by atoms with Gasteiger partial charge in [-0.1, -0.05) is 38.0 Å². The normalized spacial score (nSPS) is 11.1. The molecule has 16 heavy (non-hydrogen) atoms. The molecule has 0 unspecified atom stereocenters. The van der Waals surface area contributed by atoms with E-state index in [-0.39, 0.29) is 0 Å². The molecule has 1 radical (unpaired) electrons. The average Bonchev–Trinajstić information content (AvgIpc) is 2.26. The van der Waals surface area contributed by atoms with Gasteiger partial charge in [-0.2, -0.15) is 0 Å². The van der Waals surface area contributed by atoms with Crippen LogP contribution in [0.1, 0.15) is 26.2 Å². The molecule has 0 bridgehead atoms. The van der Waals surface area contributed by atoms with Crippen LogP contribution in [0.2, 0.25) is 18.1 Å². The van der Waals surface area contributed by atoms with Crippen LogP contribution in [0.25, 0.3) is 0 Å². The smallest absolute Gasteiger partial charge is 0.156 e. The number of rotatable bonds is 11. The maximum atomic E-state index is 4.99. The molecule has 0 aliphatic rings. The molecule has 0 amide bonds. The van der Waals surface area contributed by atoms with Gasteiger partial charge in [-0.25, -0.2) is 0 Å². The summed E-state index contributed by atoms with van der Waals surface area (Å²) in [5.41, 5.74) is 0. The second kappa shape index (κ2) is 9.61. The molecule has 0 saturated heterocycles. The van der Waals surface area contributed by atoms with Crippen LogP contribution in [0.15, 0.2) is 38.0 Å². The number of nitrogens with zero attached hydrogens (tertiary/aromatic N) is 1. The summed E-state index contributed by atoms with van der Waals surface area (Å²) < 4.78 is 0. The lowest BCUT2D eigenvalue weighted by Gasteiger charge is -2.28. The fourth-order valence-electron chi connectivity index (χ4n) is 1.93. The van der Waals surface area contributed by atoms with E-state index in [4.69, 9.17) is 4.98 Å². The maximum Gasteiger partial charge on any atom is 0.156 e. The zero-order valence-corrected chi connectivity index (χ0v) is 11.8. The van der Waals surface area contributed by atoms with Crippen LogP contribution in [0.3, 0.4) is 0 Å². The van der Waals surface area contributed by atoms with Gasteiger partial charge >= 0.3 is 0 Å². The molecule has 2 heteroatoms. The van der Waals surface area contributed by atoms with E-state index >= 15 is 0 Å². The van der Waals surface area contributed by atoms with Crippen LogP contribution in [-0.4, -0.2) is 14.8 Å². The topological polar surface area (TPSA) is 14.1 Å². The molecule has 0 aliphatic heterocycles. The van der Waals surface area contributed by atoms with Crippen LogP contribution in [0.5, 0.6) is 0 Å². The molecule has 0 N–H and O–H groups in total. The zero-order chi connectivity index (χ0) is 12.3. The SMILES string of the molecule is C=CC[Si](CC=C)(CC=C)[N]CCCCC. The van der Waals surface area contributed by atoms with E-state index in [9.17, 15) is 0 Å². The Bertz CT molecular complexity index is 184. The second-order valence-corrected chi connectivity index (χ2v) is 8.28. The van der Waals surface area contributed by atoms with E-state index < -0.39 is 8.24 Å². The summed E-state index contributed by atoms with van der Waals surface area (Å²) in [5.74, 6) is 0. The minimum Gasteiger partial charge on any atom is -0.268 e. The van der Waals surface area contributed by atoms with Crippen molar-refractivity contribution in [2.75, 3.05) is 6.54 Å². The van der Waals surface area contributed by atoms with Crippen molar-refractivity contribution in [1.29, 1.82) is 0 Å². The Hall–Kier alpha value is -0.603. The highest BCUT2D eigenvalue weighted by molar-refractivity contribution is 6.78. The van der Waals surface area contributed by atoms with Crippen molar-refractivity contribution in [2.24, 2.45) is 0 Å². The Labute approximate surface area is 102 Å². The predicted molar refractivity (Wildman–Crippen MR) is 77.3 cm³/mol. The van der Waals surface area contributed by atoms with Crippen LogP contribution < -0.4 is 4.98 Å². The van der Waals surface area contributed by atoms with Gasteiger partial charge in [0, 0.05) is 6.54 Å². The van der Waals surface area contributed by atoms with Gasteiger partial charge in [-0.3, -0.25) is 4.98 Å². The second-order valence-electron chi connectivity index (χ2n) is 4.29. The minimum absolute atomic E-state index is 1.01. The minimum atomic E-state index is -1.57. The lowest BCUT2D eigenvalue weighted by molar-refractivity contribution is 0.687. The Balaban J connectivity index is 4.28. The fraction of sp³-hybridized carbons (Fsp3) is 0.571. The van der Waals surface area contributed by atoms with Gasteiger partial charge in [-0.05, 0) is 24.6 Å². The number of hydrogen-bond donors (Lipinski definition) is 0. The molecule has 0 fully saturated rings. The summed E-state index contributed by atoms with van der Waals surface area (Å²) in [6.07, 6.45) is 9.81. The monoisotopic (exact) mass is 236 g/mol. The molecule has 0 atom stereocenters. The molecular weight excluding hydrogens is 210 g/mol. The van der Waals surface area contributed by atoms with Crippen molar-refractivity contribution in [3.63, 3.8) is 0 Å². The molecule has 0 spiro atoms. The first-order valence-corrected chi connectivity index (χ1v) is 8.83. The van der Waals surface area contributed by atoms with Crippen LogP contribution in [0, 0.1) is 0 Å². The quantitative estimate of drug-likeness (QED) is 0.289. The van der Waals surface area contributed by atoms with Crippen LogP contribution >= 0.6 is 0 Å². The molecular formula is C14H26NSi. The number of allylic oxidation sites excluding steroid dienone is 3. The van der Waals surface area contributed by atoms with Gasteiger partial charge in [0.2, 0.25) is 0 Å². The summed E-state index contributed by atoms with van der Waals surface area (Å²) in [6, 6.07) is 3.16. The van der Waals surface area contributed by atoms with Crippen LogP contribution in [0.4, 0.5) is 0 Å². The van der Waals surface area contributed by atoms with Crippen molar-refractivity contribution < 1.29 is 0 Å². The molecule has 0 aromatic heterocycles. The van der Waals surface area contributed by atoms with Gasteiger partial charge in [0.05, 0.1) is 0 Å². The van der Waals surface area contributed by atoms with Crippen molar-refractivity contribution in [2.45, 2.75) is 44.3 Å². The molecule has 0 aliphatic carbocycles. The van der Waals surface area contributed by atoms with Crippen molar-refractivity contribution in [1.82, 2.24) is 4.98 Å². The van der Waals surface area contributed by atoms with Crippen molar-refractivity contribution >= 4 is 8.24 Å². The molecule has 0 rings (SSSR count). The molecule has 91 valence electrons. The highest BCUT2D eigenvalue weighted by Crippen LogP contribution is 2.21. The third kappa shape index (κ3) is 6.08. The number of unbranched alkanes of at least 4 members (excludes halogenated alkanes) is 2. The summed E-state index contributed by atoms with van der Waals surface area (Å²) >= 11 is 0. The third-order valence-electron chi connectivity index (χ3n) is 2.78. The molecule has 0 heterocycles. The van der Waals surface area contributed by atoms with Gasteiger partial charge < -0.3 is 0 Å². The molecule has 1 nitrogen and oxygen atoms in total. The van der Waals surface area contributed by atoms with Crippen molar-refractivity contribution in [3.8, 4) is 0 Å². The Kier molecular flexibility index (Phi) is 9.25. The Morgan fingerprint density at radius 1 is 0.938 bits per heavy atom. The molecule has 0 saturated carbocycles. The first kappa shape index (κ1) is 15.4. The van der Waals surface area contributed by atoms with Gasteiger partial charge in [0.15, 0.2) is 8.24 Å². The van der Waals surface area contributed by atoms with Gasteiger partial charge in [-0.15, -0.1) is 19.7 Å². The van der Waals surface area contributed by atoms with E-state index in [1.54, 1.807) is 0 Å². The summed E-state index contributed by atoms with van der Waals surface area (Å²) in [6.45, 7) is 14.8. The lowest BCUT2D eigenvalue weighted by Crippen LogP contribution is -2.44. The molecule has 0 aromatic carbocycles. The average molecular weight is 236 g/mol. The van der Waals surface area contributed by atoms with E-state index in [0.29, 0.717) is 0 Å². The van der Waals surface area contributed by atoms with Crippen LogP contribution in [-0.2, 0) is 0 Å². The predicted octanol–water partition coefficient (Wildman–Crippen LogP) is 4.28. The van der Waals surface area contributed by atoms with E-state index in [0.717, 1.165) is 24.7 Å². The Morgan fingerprint density at radius 2 is 1.44 bits per heavy atom. The first-order chi connectivity index (χ1) is 7.74. The standard InChI is InChI=1S/C14H26NSi/c1-5-9-10-11-15-16(12-6-2,13-7-3)14-8-4/h6-8H,2-5,9-14H2,1H3. The summed E-state index contributed by atoms with van der Waals surface area (Å²) in [5, 5.41) is 0. The number of hydrogen-bond acceptors (Lipinski definition) is 0. The highest BCUT2D eigenvalue weighted by atomic mass is 28.3. The first-order valence-electron chi connectivity index (χ1n) is 6.26. The molecule has 0 aromatic rings. The van der Waals surface area contributed by atoms with E-state index in [1.165, 1.54) is 19.3 Å². The summed E-state index contributed by atoms with van der Waals surface area (Å²) in [7, 11) is -1.57. The van der Waals surface area contributed by atoms with Gasteiger partial charge in [0.1, 0.15) is 0 Å². The fourth-order valence-corrected chi connectivity index (χ4v) is 5.06. The Morgan fingerprint density at radius 3 is 1.81 bits per heavy atom.